The second-order valence-corrected chi connectivity index (χ2v) is 35.6. The number of nitrogens with one attached hydrogen (secondary N) is 1. The highest BCUT2D eigenvalue weighted by atomic mass is 33.1. The predicted molar refractivity (Wildman–Crippen MR) is 392 cm³/mol. The molecule has 4 saturated heterocycles. The number of nitrogens with zero attached hydrogens (tertiary/aromatic N) is 4. The van der Waals surface area contributed by atoms with Gasteiger partial charge in [-0.2, -0.15) is 0 Å². The maximum Gasteiger partial charge on any atom is 0.472 e. The number of likely N-dealkylation sites (tertiary alicyclic amines) is 4. The van der Waals surface area contributed by atoms with Crippen molar-refractivity contribution in [1.82, 2.24) is 24.9 Å². The van der Waals surface area contributed by atoms with Crippen molar-refractivity contribution in [2.45, 2.75) is 300 Å². The van der Waals surface area contributed by atoms with Gasteiger partial charge in [0.1, 0.15) is 17.3 Å². The summed E-state index contributed by atoms with van der Waals surface area (Å²) in [5.41, 5.74) is 0. The highest BCUT2D eigenvalue weighted by Gasteiger charge is 2.42. The second-order valence-electron chi connectivity index (χ2n) is 28.9. The third-order valence-corrected chi connectivity index (χ3v) is 22.2. The number of Topliss-reactive ketones (excluding diaryl/α,β-unsaturated/α-hetero) is 3. The zero-order chi connectivity index (χ0) is 72.2. The van der Waals surface area contributed by atoms with Crippen molar-refractivity contribution in [1.29, 1.82) is 0 Å². The molecule has 2 N–H and O–H groups in total. The van der Waals surface area contributed by atoms with Crippen LogP contribution in [0.2, 0.25) is 0 Å². The molecule has 4 amide bonds. The number of carbonyl (C=O) groups excluding carboxylic acids is 7. The SMILES string of the molecule is CC(C)CCCSSCC(=O)N1C[C@H](OC(C)C)C[C@H]1COC(C)C.CC(C)NCCCC(=O)CCC(=O)N1C[C@H](C)C[C@H]1COP(=O)(O)O[C@@H]1C[C@@H](COC(C)C)N(C(=O)CCCSSCCC(=O)C(C)C)C1.CC(C)OC[C@@H]1C[C@@H](OC(C)C)CN1C(=O)CC(=O)C(C)C. The third-order valence-electron chi connectivity index (χ3n) is 16.4. The Balaban J connectivity index is 0.000000554. The van der Waals surface area contributed by atoms with E-state index >= 15 is 0 Å². The van der Waals surface area contributed by atoms with Crippen LogP contribution in [-0.2, 0) is 70.9 Å². The van der Waals surface area contributed by atoms with Gasteiger partial charge in [0.15, 0.2) is 0 Å². The Morgan fingerprint density at radius 2 is 0.938 bits per heavy atom. The lowest BCUT2D eigenvalue weighted by atomic mass is 10.1. The summed E-state index contributed by atoms with van der Waals surface area (Å²) in [6, 6.07) is -0.177. The molecule has 0 aromatic carbocycles. The Kier molecular flexibility index (Phi) is 46.0. The van der Waals surface area contributed by atoms with Gasteiger partial charge in [-0.3, -0.25) is 42.6 Å². The predicted octanol–water partition coefficient (Wildman–Crippen LogP) is 12.7. The molecule has 560 valence electrons. The number of phosphoric acid groups is 1. The van der Waals surface area contributed by atoms with E-state index in [4.69, 9.17) is 32.7 Å². The van der Waals surface area contributed by atoms with Gasteiger partial charge in [0.05, 0.1) is 112 Å². The normalized spacial score (nSPS) is 22.0. The first-order valence-corrected chi connectivity index (χ1v) is 42.3. The van der Waals surface area contributed by atoms with Gasteiger partial charge in [-0.25, -0.2) is 4.57 Å². The van der Waals surface area contributed by atoms with Crippen LogP contribution in [0.5, 0.6) is 0 Å². The topological polar surface area (TPSA) is 246 Å². The molecule has 4 aliphatic heterocycles. The number of rotatable bonds is 45. The van der Waals surface area contributed by atoms with Crippen molar-refractivity contribution in [3.8, 4) is 0 Å². The summed E-state index contributed by atoms with van der Waals surface area (Å²) in [5, 5.41) is 3.28. The Hall–Kier alpha value is -1.84. The minimum absolute atomic E-state index is 0.00128. The first kappa shape index (κ1) is 90.2. The molecule has 9 atom stereocenters. The van der Waals surface area contributed by atoms with Gasteiger partial charge in [-0.05, 0) is 133 Å². The maximum absolute atomic E-state index is 13.2. The number of carbonyl (C=O) groups is 7. The molecule has 0 aromatic rings. The minimum Gasteiger partial charge on any atom is -0.377 e. The van der Waals surface area contributed by atoms with Crippen LogP contribution in [0.15, 0.2) is 0 Å². The summed E-state index contributed by atoms with van der Waals surface area (Å²) in [6.45, 7) is 41.9. The molecule has 1 unspecified atom stereocenters. The van der Waals surface area contributed by atoms with Gasteiger partial charge in [0, 0.05) is 93.4 Å². The van der Waals surface area contributed by atoms with Crippen LogP contribution in [0.25, 0.3) is 0 Å². The first-order chi connectivity index (χ1) is 45.1. The molecule has 4 heterocycles. The summed E-state index contributed by atoms with van der Waals surface area (Å²) in [5.74, 6) is 4.28. The number of amides is 4. The quantitative estimate of drug-likeness (QED) is 0.0249. The van der Waals surface area contributed by atoms with E-state index in [1.165, 1.54) is 12.8 Å². The van der Waals surface area contributed by atoms with E-state index in [2.05, 4.69) is 33.0 Å². The van der Waals surface area contributed by atoms with Crippen molar-refractivity contribution >= 4 is 92.0 Å². The van der Waals surface area contributed by atoms with E-state index in [1.807, 2.05) is 120 Å². The minimum atomic E-state index is -4.50. The molecule has 0 bridgehead atoms. The molecule has 21 nitrogen and oxygen atoms in total. The van der Waals surface area contributed by atoms with Crippen LogP contribution in [0.4, 0.5) is 0 Å². The maximum atomic E-state index is 13.2. The Morgan fingerprint density at radius 3 is 1.45 bits per heavy atom. The number of hydrogen-bond donors (Lipinski definition) is 2. The highest BCUT2D eigenvalue weighted by Crippen LogP contribution is 2.47. The lowest BCUT2D eigenvalue weighted by molar-refractivity contribution is -0.139. The van der Waals surface area contributed by atoms with Crippen molar-refractivity contribution < 1.29 is 75.8 Å². The van der Waals surface area contributed by atoms with Gasteiger partial charge in [-0.1, -0.05) is 112 Å². The van der Waals surface area contributed by atoms with E-state index in [0.717, 1.165) is 49.0 Å². The zero-order valence-electron chi connectivity index (χ0n) is 62.3. The van der Waals surface area contributed by atoms with E-state index in [9.17, 15) is 43.0 Å². The molecule has 0 spiro atoms. The lowest BCUT2D eigenvalue weighted by Gasteiger charge is -2.26. The van der Waals surface area contributed by atoms with Crippen molar-refractivity contribution in [2.75, 3.05) is 82.2 Å². The smallest absolute Gasteiger partial charge is 0.377 e. The fourth-order valence-corrected chi connectivity index (χ4v) is 16.4. The molecule has 26 heteroatoms. The molecule has 0 radical (unpaired) electrons. The molecule has 0 saturated carbocycles. The van der Waals surface area contributed by atoms with Crippen LogP contribution in [-0.4, -0.2) is 227 Å². The van der Waals surface area contributed by atoms with E-state index < -0.39 is 20.0 Å². The third kappa shape index (κ3) is 39.5. The van der Waals surface area contributed by atoms with Crippen LogP contribution in [0.1, 0.15) is 221 Å². The number of phosphoric ester groups is 1. The molecule has 0 aromatic heterocycles. The summed E-state index contributed by atoms with van der Waals surface area (Å²) in [6.07, 6.45) is 8.13. The van der Waals surface area contributed by atoms with Gasteiger partial charge < -0.3 is 53.5 Å². The summed E-state index contributed by atoms with van der Waals surface area (Å²) in [7, 11) is 2.30. The van der Waals surface area contributed by atoms with Crippen LogP contribution in [0.3, 0.4) is 0 Å². The van der Waals surface area contributed by atoms with E-state index in [1.54, 1.807) is 47.1 Å². The van der Waals surface area contributed by atoms with Crippen molar-refractivity contribution in [3.05, 3.63) is 0 Å². The van der Waals surface area contributed by atoms with E-state index in [-0.39, 0.29) is 152 Å². The fourth-order valence-electron chi connectivity index (χ4n) is 11.4. The molecule has 0 aliphatic carbocycles. The standard InChI is InChI=1S/C34H62N3O9PS2.C19H37NO3S2.C17H31NO4/c1-24(2)32(39)14-17-49-48-16-9-11-33(40)37-21-31(19-29(37)22-44-26(5)6)46-47(42,43)45-23-28-18-27(7)20-36(28)34(41)13-12-30(38)10-8-15-35-25(3)4;1-14(2)8-7-9-24-25-13-19(21)20-11-18(23-16(5)6)10-17(20)12-22-15(3)4;1-11(2)16(19)8-17(20)18-9-15(22-13(5)6)7-14(18)10-21-12(3)4/h24-29,31,35H,8-23H2,1-7H3,(H,42,43);14-18H,7-13H2,1-6H3;11-15H,7-10H2,1-6H3/t27-,28+,29+,31-;17-,18+;14-,15+/m100/s1. The highest BCUT2D eigenvalue weighted by molar-refractivity contribution is 8.77. The Morgan fingerprint density at radius 1 is 0.479 bits per heavy atom. The molecule has 4 rings (SSSR count). The molecule has 4 aliphatic rings. The molecule has 96 heavy (non-hydrogen) atoms. The van der Waals surface area contributed by atoms with Crippen LogP contribution < -0.4 is 5.32 Å². The van der Waals surface area contributed by atoms with Crippen molar-refractivity contribution in [3.63, 3.8) is 0 Å². The lowest BCUT2D eigenvalue weighted by Crippen LogP contribution is -2.40. The van der Waals surface area contributed by atoms with E-state index in [0.29, 0.717) is 89.8 Å². The Labute approximate surface area is 595 Å². The second kappa shape index (κ2) is 48.9. The van der Waals surface area contributed by atoms with Gasteiger partial charge in [0.2, 0.25) is 23.6 Å². The number of ether oxygens (including phenoxy) is 5. The first-order valence-electron chi connectivity index (χ1n) is 35.9. The van der Waals surface area contributed by atoms with Crippen LogP contribution >= 0.6 is 51.0 Å². The van der Waals surface area contributed by atoms with Crippen molar-refractivity contribution in [2.24, 2.45) is 23.7 Å². The number of ketones is 3. The fraction of sp³-hybridized carbons (Fsp3) is 0.900. The molecular formula is C70H130N5O16PS4. The zero-order valence-corrected chi connectivity index (χ0v) is 66.5. The molecular weight excluding hydrogens is 1330 g/mol. The average Bonchev–Trinajstić information content (AvgIpc) is 1.72. The summed E-state index contributed by atoms with van der Waals surface area (Å²) >= 11 is 0. The Bertz CT molecular complexity index is 2310. The largest absolute Gasteiger partial charge is 0.472 e. The van der Waals surface area contributed by atoms with Gasteiger partial charge >= 0.3 is 7.82 Å². The van der Waals surface area contributed by atoms with Gasteiger partial charge in [-0.15, -0.1) is 0 Å². The van der Waals surface area contributed by atoms with Crippen LogP contribution in [0, 0.1) is 23.7 Å². The molecule has 4 fully saturated rings. The van der Waals surface area contributed by atoms with Gasteiger partial charge in [0.25, 0.3) is 0 Å². The monoisotopic (exact) mass is 1460 g/mol. The number of hydrogen-bond acceptors (Lipinski definition) is 20. The summed E-state index contributed by atoms with van der Waals surface area (Å²) < 4.78 is 53.2. The summed E-state index contributed by atoms with van der Waals surface area (Å²) in [4.78, 5) is 105. The average molecular weight is 1460 g/mol.